The number of aromatic nitrogens is 2. The largest absolute Gasteiger partial charge is 0.478 e. The van der Waals surface area contributed by atoms with Gasteiger partial charge in [0.25, 0.3) is 0 Å². The van der Waals surface area contributed by atoms with Crippen molar-refractivity contribution in [2.75, 3.05) is 5.32 Å². The van der Waals surface area contributed by atoms with Crippen LogP contribution in [0.4, 0.5) is 5.69 Å². The van der Waals surface area contributed by atoms with Crippen molar-refractivity contribution >= 4 is 17.6 Å². The molecule has 1 aliphatic carbocycles. The highest BCUT2D eigenvalue weighted by atomic mass is 16.4. The summed E-state index contributed by atoms with van der Waals surface area (Å²) in [4.78, 5) is 23.1. The molecule has 1 amide bonds. The van der Waals surface area contributed by atoms with Crippen molar-refractivity contribution in [1.29, 1.82) is 0 Å². The van der Waals surface area contributed by atoms with Crippen LogP contribution in [0.3, 0.4) is 0 Å². The average Bonchev–Trinajstić information content (AvgIpc) is 3.21. The summed E-state index contributed by atoms with van der Waals surface area (Å²) in [7, 11) is 0. The number of hydrogen-bond donors (Lipinski definition) is 2. The van der Waals surface area contributed by atoms with E-state index in [2.05, 4.69) is 10.4 Å². The molecule has 1 aromatic carbocycles. The van der Waals surface area contributed by atoms with Crippen molar-refractivity contribution in [2.24, 2.45) is 5.92 Å². The highest BCUT2D eigenvalue weighted by molar-refractivity contribution is 5.96. The second-order valence-corrected chi connectivity index (χ2v) is 5.20. The van der Waals surface area contributed by atoms with Crippen molar-refractivity contribution in [3.8, 4) is 5.69 Å². The van der Waals surface area contributed by atoms with Crippen LogP contribution >= 0.6 is 0 Å². The van der Waals surface area contributed by atoms with Crippen molar-refractivity contribution in [3.63, 3.8) is 0 Å². The number of aromatic carboxylic acids is 1. The van der Waals surface area contributed by atoms with Crippen LogP contribution in [0.2, 0.25) is 0 Å². The second-order valence-electron chi connectivity index (χ2n) is 5.20. The van der Waals surface area contributed by atoms with E-state index in [1.807, 2.05) is 6.92 Å². The molecule has 3 rings (SSSR count). The fourth-order valence-corrected chi connectivity index (χ4v) is 2.12. The molecule has 1 aromatic heterocycles. The van der Waals surface area contributed by atoms with Crippen molar-refractivity contribution in [3.05, 3.63) is 41.7 Å². The van der Waals surface area contributed by atoms with Crippen LogP contribution in [0, 0.1) is 12.8 Å². The minimum Gasteiger partial charge on any atom is -0.478 e. The van der Waals surface area contributed by atoms with E-state index in [1.54, 1.807) is 24.4 Å². The second kappa shape index (κ2) is 5.05. The molecular weight excluding hydrogens is 270 g/mol. The zero-order valence-electron chi connectivity index (χ0n) is 11.5. The molecule has 0 atom stereocenters. The Labute approximate surface area is 121 Å². The van der Waals surface area contributed by atoms with Gasteiger partial charge in [-0.15, -0.1) is 0 Å². The quantitative estimate of drug-likeness (QED) is 0.902. The third-order valence-electron chi connectivity index (χ3n) is 3.41. The lowest BCUT2D eigenvalue weighted by Gasteiger charge is -2.10. The maximum atomic E-state index is 11.8. The molecule has 6 heteroatoms. The van der Waals surface area contributed by atoms with Gasteiger partial charge in [0.15, 0.2) is 0 Å². The number of nitrogens with zero attached hydrogens (tertiary/aromatic N) is 2. The monoisotopic (exact) mass is 285 g/mol. The lowest BCUT2D eigenvalue weighted by Crippen LogP contribution is -2.14. The number of amides is 1. The first-order valence-electron chi connectivity index (χ1n) is 6.75. The number of carboxylic acids is 1. The lowest BCUT2D eigenvalue weighted by atomic mass is 10.1. The number of aryl methyl sites for hydroxylation is 1. The molecule has 108 valence electrons. The van der Waals surface area contributed by atoms with Gasteiger partial charge in [-0.1, -0.05) is 0 Å². The number of nitrogens with one attached hydrogen (secondary N) is 1. The summed E-state index contributed by atoms with van der Waals surface area (Å²) >= 11 is 0. The van der Waals surface area contributed by atoms with Gasteiger partial charge in [0.1, 0.15) is 0 Å². The molecule has 1 aliphatic rings. The normalized spacial score (nSPS) is 14.0. The molecule has 0 saturated heterocycles. The Balaban J connectivity index is 1.97. The van der Waals surface area contributed by atoms with Gasteiger partial charge in [-0.2, -0.15) is 5.10 Å². The van der Waals surface area contributed by atoms with Gasteiger partial charge in [0, 0.05) is 17.8 Å². The van der Waals surface area contributed by atoms with Crippen LogP contribution in [-0.2, 0) is 4.79 Å². The van der Waals surface area contributed by atoms with E-state index in [9.17, 15) is 14.7 Å². The summed E-state index contributed by atoms with van der Waals surface area (Å²) in [6, 6.07) is 6.51. The fraction of sp³-hybridized carbons (Fsp3) is 0.267. The molecular formula is C15H15N3O3. The molecule has 6 nitrogen and oxygen atoms in total. The van der Waals surface area contributed by atoms with E-state index in [0.29, 0.717) is 11.4 Å². The zero-order valence-corrected chi connectivity index (χ0v) is 11.5. The topological polar surface area (TPSA) is 84.2 Å². The molecule has 1 saturated carbocycles. The Bertz CT molecular complexity index is 717. The molecule has 0 aliphatic heterocycles. The van der Waals surface area contributed by atoms with Gasteiger partial charge in [-0.25, -0.2) is 9.48 Å². The summed E-state index contributed by atoms with van der Waals surface area (Å²) in [6.07, 6.45) is 3.54. The molecule has 0 bridgehead atoms. The van der Waals surface area contributed by atoms with Crippen LogP contribution in [0.15, 0.2) is 30.5 Å². The number of rotatable bonds is 4. The first-order chi connectivity index (χ1) is 10.0. The van der Waals surface area contributed by atoms with Crippen LogP contribution in [0.25, 0.3) is 5.69 Å². The van der Waals surface area contributed by atoms with Gasteiger partial charge in [-0.05, 0) is 44.0 Å². The highest BCUT2D eigenvalue weighted by Crippen LogP contribution is 2.30. The summed E-state index contributed by atoms with van der Waals surface area (Å²) < 4.78 is 1.51. The Morgan fingerprint density at radius 3 is 2.67 bits per heavy atom. The molecule has 1 heterocycles. The van der Waals surface area contributed by atoms with Gasteiger partial charge in [0.05, 0.1) is 16.9 Å². The highest BCUT2D eigenvalue weighted by Gasteiger charge is 2.29. The predicted octanol–water partition coefficient (Wildman–Crippen LogP) is 2.23. The van der Waals surface area contributed by atoms with Gasteiger partial charge in [0.2, 0.25) is 5.91 Å². The maximum absolute atomic E-state index is 11.8. The Kier molecular flexibility index (Phi) is 3.21. The summed E-state index contributed by atoms with van der Waals surface area (Å²) in [5.41, 5.74) is 1.95. The van der Waals surface area contributed by atoms with Gasteiger partial charge < -0.3 is 10.4 Å². The smallest absolute Gasteiger partial charge is 0.337 e. The van der Waals surface area contributed by atoms with Crippen LogP contribution < -0.4 is 5.32 Å². The molecule has 0 spiro atoms. The average molecular weight is 285 g/mol. The zero-order chi connectivity index (χ0) is 15.0. The molecule has 0 radical (unpaired) electrons. The summed E-state index contributed by atoms with van der Waals surface area (Å²) in [5.74, 6) is -0.946. The van der Waals surface area contributed by atoms with E-state index in [1.165, 1.54) is 10.7 Å². The van der Waals surface area contributed by atoms with Crippen LogP contribution in [0.1, 0.15) is 28.9 Å². The standard InChI is InChI=1S/C15H15N3O3/c1-9-6-7-18(17-9)13-8-11(4-5-12(13)15(20)21)16-14(19)10-2-3-10/h4-8,10H,2-3H2,1H3,(H,16,19)(H,20,21). The molecule has 0 unspecified atom stereocenters. The third-order valence-corrected chi connectivity index (χ3v) is 3.41. The number of carbonyl (C=O) groups excluding carboxylic acids is 1. The van der Waals surface area contributed by atoms with Gasteiger partial charge >= 0.3 is 5.97 Å². The summed E-state index contributed by atoms with van der Waals surface area (Å²) in [6.45, 7) is 1.83. The molecule has 2 N–H and O–H groups in total. The predicted molar refractivity (Wildman–Crippen MR) is 76.6 cm³/mol. The van der Waals surface area contributed by atoms with E-state index in [4.69, 9.17) is 0 Å². The maximum Gasteiger partial charge on any atom is 0.337 e. The minimum absolute atomic E-state index is 0.0133. The van der Waals surface area contributed by atoms with E-state index in [0.717, 1.165) is 18.5 Å². The molecule has 2 aromatic rings. The third kappa shape index (κ3) is 2.79. The number of carbonyl (C=O) groups is 2. The molecule has 21 heavy (non-hydrogen) atoms. The van der Waals surface area contributed by atoms with Crippen molar-refractivity contribution in [2.45, 2.75) is 19.8 Å². The van der Waals surface area contributed by atoms with Crippen LogP contribution in [-0.4, -0.2) is 26.8 Å². The SMILES string of the molecule is Cc1ccn(-c2cc(NC(=O)C3CC3)ccc2C(=O)O)n1. The Morgan fingerprint density at radius 1 is 1.33 bits per heavy atom. The number of benzene rings is 1. The first-order valence-corrected chi connectivity index (χ1v) is 6.75. The Morgan fingerprint density at radius 2 is 2.10 bits per heavy atom. The number of hydrogen-bond acceptors (Lipinski definition) is 3. The number of anilines is 1. The van der Waals surface area contributed by atoms with Crippen LogP contribution in [0.5, 0.6) is 0 Å². The van der Waals surface area contributed by atoms with E-state index >= 15 is 0 Å². The van der Waals surface area contributed by atoms with Gasteiger partial charge in [-0.3, -0.25) is 4.79 Å². The van der Waals surface area contributed by atoms with Crippen molar-refractivity contribution < 1.29 is 14.7 Å². The Hall–Kier alpha value is -2.63. The molecule has 1 fully saturated rings. The number of carboxylic acid groups (broad SMARTS) is 1. The van der Waals surface area contributed by atoms with Crippen molar-refractivity contribution in [1.82, 2.24) is 9.78 Å². The minimum atomic E-state index is -1.03. The first kappa shape index (κ1) is 13.4. The fourth-order valence-electron chi connectivity index (χ4n) is 2.12. The summed E-state index contributed by atoms with van der Waals surface area (Å²) in [5, 5.41) is 16.3. The lowest BCUT2D eigenvalue weighted by molar-refractivity contribution is -0.117. The van der Waals surface area contributed by atoms with E-state index in [-0.39, 0.29) is 17.4 Å². The van der Waals surface area contributed by atoms with E-state index < -0.39 is 5.97 Å².